The number of fused-ring (bicyclic) bond motifs is 1. The second-order valence-corrected chi connectivity index (χ2v) is 5.89. The molecule has 4 heteroatoms. The maximum atomic E-state index is 5.85. The fraction of sp³-hybridized carbons (Fsp3) is 0.125. The highest BCUT2D eigenvalue weighted by molar-refractivity contribution is 7.17. The summed E-state index contributed by atoms with van der Waals surface area (Å²) in [5, 5.41) is 4.09. The molecule has 2 N–H and O–H groups in total. The number of halogens is 1. The Bertz CT molecular complexity index is 721. The largest absolute Gasteiger partial charge is 0.489 e. The van der Waals surface area contributed by atoms with E-state index in [-0.39, 0.29) is 0 Å². The van der Waals surface area contributed by atoms with E-state index in [0.717, 1.165) is 11.3 Å². The molecule has 0 unspecified atom stereocenters. The lowest BCUT2D eigenvalue weighted by Crippen LogP contribution is -1.96. The van der Waals surface area contributed by atoms with E-state index in [1.54, 1.807) is 11.3 Å². The number of thiophene rings is 1. The van der Waals surface area contributed by atoms with Gasteiger partial charge in [-0.25, -0.2) is 0 Å². The zero-order valence-corrected chi connectivity index (χ0v) is 12.4. The minimum atomic E-state index is 0.559. The van der Waals surface area contributed by atoms with E-state index >= 15 is 0 Å². The van der Waals surface area contributed by atoms with Crippen LogP contribution in [0.15, 0.2) is 47.8 Å². The molecule has 0 aliphatic carbocycles. The summed E-state index contributed by atoms with van der Waals surface area (Å²) < 4.78 is 7.05. The zero-order chi connectivity index (χ0) is 13.9. The van der Waals surface area contributed by atoms with Crippen LogP contribution in [0.5, 0.6) is 5.75 Å². The molecule has 1 aromatic heterocycles. The summed E-state index contributed by atoms with van der Waals surface area (Å²) >= 11 is 7.58. The predicted molar refractivity (Wildman–Crippen MR) is 85.5 cm³/mol. The molecule has 3 rings (SSSR count). The van der Waals surface area contributed by atoms with E-state index in [1.165, 1.54) is 15.6 Å². The lowest BCUT2D eigenvalue weighted by atomic mass is 10.1. The topological polar surface area (TPSA) is 35.2 Å². The Morgan fingerprint density at radius 3 is 2.65 bits per heavy atom. The summed E-state index contributed by atoms with van der Waals surface area (Å²) in [5.41, 5.74) is 8.02. The molecule has 0 atom stereocenters. The van der Waals surface area contributed by atoms with Crippen LogP contribution in [0.4, 0.5) is 0 Å². The summed E-state index contributed by atoms with van der Waals surface area (Å²) in [6.45, 7) is 1.13. The maximum absolute atomic E-state index is 5.85. The van der Waals surface area contributed by atoms with Crippen molar-refractivity contribution in [3.05, 3.63) is 64.0 Å². The zero-order valence-electron chi connectivity index (χ0n) is 10.8. The smallest absolute Gasteiger partial charge is 0.119 e. The van der Waals surface area contributed by atoms with Gasteiger partial charge in [0.05, 0.1) is 0 Å². The minimum Gasteiger partial charge on any atom is -0.489 e. The van der Waals surface area contributed by atoms with Gasteiger partial charge >= 0.3 is 0 Å². The molecule has 2 nitrogen and oxygen atoms in total. The van der Waals surface area contributed by atoms with Gasteiger partial charge in [-0.05, 0) is 46.7 Å². The van der Waals surface area contributed by atoms with Crippen molar-refractivity contribution in [2.24, 2.45) is 5.73 Å². The Morgan fingerprint density at radius 2 is 1.90 bits per heavy atom. The third-order valence-corrected chi connectivity index (χ3v) is 4.41. The van der Waals surface area contributed by atoms with Gasteiger partial charge in [0.2, 0.25) is 0 Å². The molecule has 0 saturated heterocycles. The van der Waals surface area contributed by atoms with Gasteiger partial charge in [0, 0.05) is 21.8 Å². The molecule has 0 fully saturated rings. The summed E-state index contributed by atoms with van der Waals surface area (Å²) in [6, 6.07) is 13.8. The standard InChI is InChI=1S/C16H14ClNOS/c17-13-2-4-14(5-3-13)19-9-12-10-20-16-7-11(8-18)1-6-15(12)16/h1-7,10H,8-9,18H2. The Balaban J connectivity index is 1.79. The summed E-state index contributed by atoms with van der Waals surface area (Å²) in [6.07, 6.45) is 0. The number of nitrogens with two attached hydrogens (primary N) is 1. The van der Waals surface area contributed by atoms with Crippen LogP contribution in [-0.4, -0.2) is 0 Å². The van der Waals surface area contributed by atoms with Crippen LogP contribution in [0, 0.1) is 0 Å². The Labute approximate surface area is 126 Å². The van der Waals surface area contributed by atoms with Gasteiger partial charge in [-0.1, -0.05) is 23.7 Å². The van der Waals surface area contributed by atoms with E-state index < -0.39 is 0 Å². The molecule has 2 aromatic carbocycles. The highest BCUT2D eigenvalue weighted by Gasteiger charge is 2.05. The van der Waals surface area contributed by atoms with Crippen molar-refractivity contribution in [3.8, 4) is 5.75 Å². The van der Waals surface area contributed by atoms with Gasteiger partial charge < -0.3 is 10.5 Å². The number of hydrogen-bond donors (Lipinski definition) is 1. The first-order valence-electron chi connectivity index (χ1n) is 6.34. The lowest BCUT2D eigenvalue weighted by molar-refractivity contribution is 0.308. The molecule has 1 heterocycles. The second kappa shape index (κ2) is 5.83. The number of ether oxygens (including phenoxy) is 1. The van der Waals surface area contributed by atoms with Crippen LogP contribution in [-0.2, 0) is 13.2 Å². The Kier molecular flexibility index (Phi) is 3.92. The molecule has 0 amide bonds. The number of rotatable bonds is 4. The van der Waals surface area contributed by atoms with E-state index in [0.29, 0.717) is 18.2 Å². The van der Waals surface area contributed by atoms with E-state index in [1.807, 2.05) is 24.3 Å². The lowest BCUT2D eigenvalue weighted by Gasteiger charge is -2.05. The summed E-state index contributed by atoms with van der Waals surface area (Å²) in [5.74, 6) is 0.826. The molecule has 0 radical (unpaired) electrons. The van der Waals surface area contributed by atoms with Crippen molar-refractivity contribution < 1.29 is 4.74 Å². The van der Waals surface area contributed by atoms with Gasteiger partial charge in [-0.3, -0.25) is 0 Å². The van der Waals surface area contributed by atoms with Crippen molar-refractivity contribution in [2.45, 2.75) is 13.2 Å². The van der Waals surface area contributed by atoms with Gasteiger partial charge in [0.15, 0.2) is 0 Å². The maximum Gasteiger partial charge on any atom is 0.119 e. The molecular formula is C16H14ClNOS. The summed E-state index contributed by atoms with van der Waals surface area (Å²) in [4.78, 5) is 0. The van der Waals surface area contributed by atoms with Gasteiger partial charge in [0.1, 0.15) is 12.4 Å². The van der Waals surface area contributed by atoms with Gasteiger partial charge in [-0.2, -0.15) is 0 Å². The first-order chi connectivity index (χ1) is 9.76. The van der Waals surface area contributed by atoms with Crippen LogP contribution in [0.25, 0.3) is 10.1 Å². The average Bonchev–Trinajstić information content (AvgIpc) is 2.89. The van der Waals surface area contributed by atoms with Crippen LogP contribution in [0.2, 0.25) is 5.02 Å². The monoisotopic (exact) mass is 303 g/mol. The van der Waals surface area contributed by atoms with Crippen molar-refractivity contribution in [2.75, 3.05) is 0 Å². The predicted octanol–water partition coefficient (Wildman–Crippen LogP) is 4.59. The van der Waals surface area contributed by atoms with Crippen LogP contribution >= 0.6 is 22.9 Å². The molecule has 0 bridgehead atoms. The fourth-order valence-electron chi connectivity index (χ4n) is 2.06. The normalized spacial score (nSPS) is 10.9. The third-order valence-electron chi connectivity index (χ3n) is 3.16. The molecule has 0 aliphatic rings. The quantitative estimate of drug-likeness (QED) is 0.765. The van der Waals surface area contributed by atoms with Crippen LogP contribution in [0.3, 0.4) is 0 Å². The van der Waals surface area contributed by atoms with E-state index in [9.17, 15) is 0 Å². The van der Waals surface area contributed by atoms with Crippen molar-refractivity contribution in [1.29, 1.82) is 0 Å². The molecule has 102 valence electrons. The first-order valence-corrected chi connectivity index (χ1v) is 7.59. The Hall–Kier alpha value is -1.55. The van der Waals surface area contributed by atoms with Crippen LogP contribution in [0.1, 0.15) is 11.1 Å². The van der Waals surface area contributed by atoms with Gasteiger partial charge in [-0.15, -0.1) is 11.3 Å². The van der Waals surface area contributed by atoms with Crippen molar-refractivity contribution in [3.63, 3.8) is 0 Å². The molecular weight excluding hydrogens is 290 g/mol. The second-order valence-electron chi connectivity index (χ2n) is 4.54. The first kappa shape index (κ1) is 13.4. The minimum absolute atomic E-state index is 0.559. The van der Waals surface area contributed by atoms with E-state index in [2.05, 4.69) is 23.6 Å². The highest BCUT2D eigenvalue weighted by Crippen LogP contribution is 2.28. The highest BCUT2D eigenvalue weighted by atomic mass is 35.5. The van der Waals surface area contributed by atoms with E-state index in [4.69, 9.17) is 22.1 Å². The molecule has 3 aromatic rings. The molecule has 0 aliphatic heterocycles. The molecule has 0 spiro atoms. The summed E-state index contributed by atoms with van der Waals surface area (Å²) in [7, 11) is 0. The SMILES string of the molecule is NCc1ccc2c(COc3ccc(Cl)cc3)csc2c1. The third kappa shape index (κ3) is 2.80. The molecule has 0 saturated carbocycles. The average molecular weight is 304 g/mol. The molecule has 20 heavy (non-hydrogen) atoms. The van der Waals surface area contributed by atoms with Crippen molar-refractivity contribution in [1.82, 2.24) is 0 Å². The number of benzene rings is 2. The Morgan fingerprint density at radius 1 is 1.10 bits per heavy atom. The fourth-order valence-corrected chi connectivity index (χ4v) is 3.19. The van der Waals surface area contributed by atoms with Gasteiger partial charge in [0.25, 0.3) is 0 Å². The number of hydrogen-bond acceptors (Lipinski definition) is 3. The van der Waals surface area contributed by atoms with Crippen molar-refractivity contribution >= 4 is 33.0 Å². The van der Waals surface area contributed by atoms with Crippen LogP contribution < -0.4 is 10.5 Å².